The number of carbonyl (C=O) groups excluding carboxylic acids is 1. The third-order valence-corrected chi connectivity index (χ3v) is 2.94. The molecule has 0 bridgehead atoms. The molecule has 1 amide bonds. The minimum atomic E-state index is -0.854. The molecule has 1 aromatic carbocycles. The molecule has 7 heteroatoms. The van der Waals surface area contributed by atoms with E-state index in [0.29, 0.717) is 0 Å². The van der Waals surface area contributed by atoms with Crippen LogP contribution < -0.4 is 0 Å². The highest BCUT2D eigenvalue weighted by Crippen LogP contribution is 2.20. The summed E-state index contributed by atoms with van der Waals surface area (Å²) < 4.78 is 13.3. The van der Waals surface area contributed by atoms with Gasteiger partial charge in [-0.1, -0.05) is 0 Å². The van der Waals surface area contributed by atoms with Crippen molar-refractivity contribution in [2.45, 2.75) is 19.4 Å². The van der Waals surface area contributed by atoms with Crippen molar-refractivity contribution in [1.82, 2.24) is 4.90 Å². The zero-order valence-electron chi connectivity index (χ0n) is 10.9. The van der Waals surface area contributed by atoms with Crippen LogP contribution >= 0.6 is 0 Å². The molecule has 0 saturated carbocycles. The van der Waals surface area contributed by atoms with Crippen LogP contribution in [0.25, 0.3) is 0 Å². The number of nitro benzene ring substituents is 1. The van der Waals surface area contributed by atoms with Crippen LogP contribution in [0.5, 0.6) is 0 Å². The second kappa shape index (κ2) is 5.31. The smallest absolute Gasteiger partial charge is 0.273 e. The molecule has 0 saturated heterocycles. The number of benzene rings is 1. The second-order valence-corrected chi connectivity index (χ2v) is 4.79. The van der Waals surface area contributed by atoms with Gasteiger partial charge in [0.25, 0.3) is 11.6 Å². The Bertz CT molecular complexity index is 516. The first-order chi connectivity index (χ1) is 8.69. The summed E-state index contributed by atoms with van der Waals surface area (Å²) in [6, 6.07) is 2.68. The van der Waals surface area contributed by atoms with Crippen LogP contribution in [0.4, 0.5) is 10.1 Å². The SMILES string of the molecule is CN(C(=O)c1cc(F)cc([N+](=O)[O-])c1)C(C)(C)CO. The van der Waals surface area contributed by atoms with Crippen molar-refractivity contribution < 1.29 is 19.2 Å². The molecule has 104 valence electrons. The Hall–Kier alpha value is -2.02. The van der Waals surface area contributed by atoms with Crippen LogP contribution in [0.2, 0.25) is 0 Å². The lowest BCUT2D eigenvalue weighted by molar-refractivity contribution is -0.385. The molecule has 0 aromatic heterocycles. The highest BCUT2D eigenvalue weighted by Gasteiger charge is 2.28. The fourth-order valence-corrected chi connectivity index (χ4v) is 1.38. The monoisotopic (exact) mass is 270 g/mol. The van der Waals surface area contributed by atoms with E-state index in [9.17, 15) is 24.4 Å². The molecule has 19 heavy (non-hydrogen) atoms. The number of nitrogens with zero attached hydrogens (tertiary/aromatic N) is 2. The summed E-state index contributed by atoms with van der Waals surface area (Å²) in [5, 5.41) is 19.8. The van der Waals surface area contributed by atoms with Crippen LogP contribution in [0.3, 0.4) is 0 Å². The summed E-state index contributed by atoms with van der Waals surface area (Å²) in [7, 11) is 1.44. The van der Waals surface area contributed by atoms with Gasteiger partial charge in [-0.2, -0.15) is 0 Å². The van der Waals surface area contributed by atoms with E-state index in [0.717, 1.165) is 18.2 Å². The number of nitro groups is 1. The Morgan fingerprint density at radius 2 is 2.05 bits per heavy atom. The number of aliphatic hydroxyl groups is 1. The molecule has 0 heterocycles. The molecule has 0 aliphatic heterocycles. The molecular weight excluding hydrogens is 255 g/mol. The molecule has 0 fully saturated rings. The fourth-order valence-electron chi connectivity index (χ4n) is 1.38. The van der Waals surface area contributed by atoms with Crippen molar-refractivity contribution in [2.24, 2.45) is 0 Å². The zero-order valence-corrected chi connectivity index (χ0v) is 10.9. The first-order valence-corrected chi connectivity index (χ1v) is 5.53. The third-order valence-electron chi connectivity index (χ3n) is 2.94. The van der Waals surface area contributed by atoms with E-state index >= 15 is 0 Å². The molecule has 0 spiro atoms. The second-order valence-electron chi connectivity index (χ2n) is 4.79. The van der Waals surface area contributed by atoms with E-state index in [-0.39, 0.29) is 12.2 Å². The van der Waals surface area contributed by atoms with E-state index in [2.05, 4.69) is 0 Å². The minimum absolute atomic E-state index is 0.129. The Morgan fingerprint density at radius 1 is 1.47 bits per heavy atom. The van der Waals surface area contributed by atoms with Gasteiger partial charge in [0.2, 0.25) is 0 Å². The maximum atomic E-state index is 13.3. The average Bonchev–Trinajstić information content (AvgIpc) is 2.36. The van der Waals surface area contributed by atoms with Crippen molar-refractivity contribution in [1.29, 1.82) is 0 Å². The molecular formula is C12H15FN2O4. The molecule has 0 aliphatic carbocycles. The van der Waals surface area contributed by atoms with Crippen LogP contribution in [0, 0.1) is 15.9 Å². The van der Waals surface area contributed by atoms with Crippen LogP contribution in [0.15, 0.2) is 18.2 Å². The van der Waals surface area contributed by atoms with E-state index < -0.39 is 27.9 Å². The number of aliphatic hydroxyl groups excluding tert-OH is 1. The first kappa shape index (κ1) is 15.0. The summed E-state index contributed by atoms with van der Waals surface area (Å²) in [5.41, 5.74) is -1.47. The summed E-state index contributed by atoms with van der Waals surface area (Å²) >= 11 is 0. The molecule has 1 aromatic rings. The van der Waals surface area contributed by atoms with Crippen LogP contribution in [-0.2, 0) is 0 Å². The quantitative estimate of drug-likeness (QED) is 0.665. The highest BCUT2D eigenvalue weighted by atomic mass is 19.1. The number of carbonyl (C=O) groups is 1. The van der Waals surface area contributed by atoms with Gasteiger partial charge in [-0.15, -0.1) is 0 Å². The van der Waals surface area contributed by atoms with Crippen molar-refractivity contribution in [3.63, 3.8) is 0 Å². The lowest BCUT2D eigenvalue weighted by atomic mass is 10.0. The van der Waals surface area contributed by atoms with Gasteiger partial charge in [-0.3, -0.25) is 14.9 Å². The average molecular weight is 270 g/mol. The van der Waals surface area contributed by atoms with E-state index in [4.69, 9.17) is 0 Å². The predicted molar refractivity (Wildman–Crippen MR) is 66.3 cm³/mol. The van der Waals surface area contributed by atoms with Crippen molar-refractivity contribution >= 4 is 11.6 Å². The maximum Gasteiger partial charge on any atom is 0.273 e. The summed E-state index contributed by atoms with van der Waals surface area (Å²) in [6.45, 7) is 2.96. The van der Waals surface area contributed by atoms with Gasteiger partial charge in [0.15, 0.2) is 0 Å². The maximum absolute atomic E-state index is 13.3. The van der Waals surface area contributed by atoms with Gasteiger partial charge in [0.1, 0.15) is 5.82 Å². The summed E-state index contributed by atoms with van der Waals surface area (Å²) in [5.74, 6) is -1.45. The van der Waals surface area contributed by atoms with E-state index in [1.807, 2.05) is 0 Å². The Balaban J connectivity index is 3.16. The van der Waals surface area contributed by atoms with Gasteiger partial charge >= 0.3 is 0 Å². The fraction of sp³-hybridized carbons (Fsp3) is 0.417. The standard InChI is InChI=1S/C12H15FN2O4/c1-12(2,7-16)14(3)11(17)8-4-9(13)6-10(5-8)15(18)19/h4-6,16H,7H2,1-3H3. The summed E-state index contributed by atoms with van der Waals surface area (Å²) in [4.78, 5) is 23.2. The van der Waals surface area contributed by atoms with Gasteiger partial charge < -0.3 is 10.0 Å². The zero-order chi connectivity index (χ0) is 14.8. The molecule has 0 atom stereocenters. The largest absolute Gasteiger partial charge is 0.394 e. The molecule has 6 nitrogen and oxygen atoms in total. The Kier molecular flexibility index (Phi) is 4.21. The number of non-ortho nitro benzene ring substituents is 1. The normalized spacial score (nSPS) is 11.2. The Labute approximate surface area is 109 Å². The van der Waals surface area contributed by atoms with Crippen molar-refractivity contribution in [3.05, 3.63) is 39.7 Å². The predicted octanol–water partition coefficient (Wildman–Crippen LogP) is 1.58. The number of hydrogen-bond acceptors (Lipinski definition) is 4. The van der Waals surface area contributed by atoms with E-state index in [1.165, 1.54) is 11.9 Å². The lowest BCUT2D eigenvalue weighted by Gasteiger charge is -2.33. The van der Waals surface area contributed by atoms with Crippen molar-refractivity contribution in [2.75, 3.05) is 13.7 Å². The third kappa shape index (κ3) is 3.25. The minimum Gasteiger partial charge on any atom is -0.394 e. The van der Waals surface area contributed by atoms with Gasteiger partial charge in [0.05, 0.1) is 23.1 Å². The van der Waals surface area contributed by atoms with Gasteiger partial charge in [-0.05, 0) is 19.9 Å². The van der Waals surface area contributed by atoms with Crippen LogP contribution in [-0.4, -0.2) is 40.0 Å². The lowest BCUT2D eigenvalue weighted by Crippen LogP contribution is -2.47. The number of hydrogen-bond donors (Lipinski definition) is 1. The molecule has 0 unspecified atom stereocenters. The molecule has 0 radical (unpaired) electrons. The molecule has 0 aliphatic rings. The number of likely N-dealkylation sites (N-methyl/N-ethyl adjacent to an activating group) is 1. The number of rotatable bonds is 4. The van der Waals surface area contributed by atoms with Crippen LogP contribution in [0.1, 0.15) is 24.2 Å². The molecule has 1 rings (SSSR count). The topological polar surface area (TPSA) is 83.7 Å². The van der Waals surface area contributed by atoms with Gasteiger partial charge in [0, 0.05) is 18.7 Å². The van der Waals surface area contributed by atoms with Gasteiger partial charge in [-0.25, -0.2) is 4.39 Å². The first-order valence-electron chi connectivity index (χ1n) is 5.53. The van der Waals surface area contributed by atoms with Crippen molar-refractivity contribution in [3.8, 4) is 0 Å². The Morgan fingerprint density at radius 3 is 2.53 bits per heavy atom. The summed E-state index contributed by atoms with van der Waals surface area (Å²) in [6.07, 6.45) is 0. The molecule has 1 N–H and O–H groups in total. The number of amides is 1. The number of halogens is 1. The van der Waals surface area contributed by atoms with E-state index in [1.54, 1.807) is 13.8 Å². The highest BCUT2D eigenvalue weighted by molar-refractivity contribution is 5.95.